The van der Waals surface area contributed by atoms with Crippen LogP contribution in [0.2, 0.25) is 10.0 Å². The molecule has 1 heterocycles. The molecule has 41 heavy (non-hydrogen) atoms. The number of nitrogens with zero attached hydrogens (tertiary/aromatic N) is 1. The van der Waals surface area contributed by atoms with E-state index < -0.39 is 29.4 Å². The van der Waals surface area contributed by atoms with Crippen LogP contribution in [0.3, 0.4) is 0 Å². The second-order valence-electron chi connectivity index (χ2n) is 9.60. The highest BCUT2D eigenvalue weighted by molar-refractivity contribution is 7.17. The number of benzene rings is 2. The lowest BCUT2D eigenvalue weighted by Gasteiger charge is -2.16. The van der Waals surface area contributed by atoms with Gasteiger partial charge in [-0.25, -0.2) is 4.98 Å². The highest BCUT2D eigenvalue weighted by Crippen LogP contribution is 2.37. The molecule has 0 saturated heterocycles. The van der Waals surface area contributed by atoms with E-state index in [0.29, 0.717) is 20.5 Å². The first kappa shape index (κ1) is 31.9. The molecule has 1 aromatic heterocycles. The minimum absolute atomic E-state index is 0.000243. The van der Waals surface area contributed by atoms with Crippen LogP contribution in [0, 0.1) is 11.8 Å². The summed E-state index contributed by atoms with van der Waals surface area (Å²) in [5.74, 6) is -3.24. The summed E-state index contributed by atoms with van der Waals surface area (Å²) in [6.07, 6.45) is 1.61. The van der Waals surface area contributed by atoms with Gasteiger partial charge in [0.2, 0.25) is 17.6 Å². The van der Waals surface area contributed by atoms with E-state index in [-0.39, 0.29) is 54.7 Å². The number of phenolic OH excluding ortho intramolecular Hbond substituents is 1. The topological polar surface area (TPSA) is 143 Å². The van der Waals surface area contributed by atoms with Crippen molar-refractivity contribution < 1.29 is 29.1 Å². The maximum Gasteiger partial charge on any atom is 0.224 e. The lowest BCUT2D eigenvalue weighted by molar-refractivity contribution is -0.131. The lowest BCUT2D eigenvalue weighted by atomic mass is 9.93. The van der Waals surface area contributed by atoms with Crippen molar-refractivity contribution in [2.24, 2.45) is 11.8 Å². The van der Waals surface area contributed by atoms with Crippen LogP contribution < -0.4 is 10.6 Å². The van der Waals surface area contributed by atoms with Crippen LogP contribution in [-0.4, -0.2) is 52.3 Å². The smallest absolute Gasteiger partial charge is 0.224 e. The van der Waals surface area contributed by atoms with Crippen LogP contribution in [0.1, 0.15) is 42.1 Å². The number of hydrogen-bond donors (Lipinski definition) is 3. The van der Waals surface area contributed by atoms with Gasteiger partial charge >= 0.3 is 0 Å². The van der Waals surface area contributed by atoms with E-state index in [1.165, 1.54) is 25.3 Å². The lowest BCUT2D eigenvalue weighted by Crippen LogP contribution is -2.38. The van der Waals surface area contributed by atoms with Crippen molar-refractivity contribution >= 4 is 63.7 Å². The van der Waals surface area contributed by atoms with Gasteiger partial charge in [-0.3, -0.25) is 19.2 Å². The van der Waals surface area contributed by atoms with E-state index in [2.05, 4.69) is 15.6 Å². The van der Waals surface area contributed by atoms with Gasteiger partial charge in [-0.15, -0.1) is 11.3 Å². The van der Waals surface area contributed by atoms with E-state index in [1.807, 2.05) is 0 Å². The van der Waals surface area contributed by atoms with E-state index in [0.717, 1.165) is 16.9 Å². The molecule has 12 heteroatoms. The number of amides is 2. The summed E-state index contributed by atoms with van der Waals surface area (Å²) in [6.45, 7) is 2.33. The average molecular weight is 619 g/mol. The Morgan fingerprint density at radius 1 is 0.927 bits per heavy atom. The zero-order valence-electron chi connectivity index (χ0n) is 22.4. The Hall–Kier alpha value is -3.60. The molecule has 0 radical (unpaired) electrons. The molecule has 0 saturated carbocycles. The highest BCUT2D eigenvalue weighted by Gasteiger charge is 2.23. The van der Waals surface area contributed by atoms with Crippen molar-refractivity contribution in [2.45, 2.75) is 33.1 Å². The van der Waals surface area contributed by atoms with Crippen molar-refractivity contribution in [1.82, 2.24) is 15.6 Å². The number of hydrogen-bond acceptors (Lipinski definition) is 8. The summed E-state index contributed by atoms with van der Waals surface area (Å²) in [7, 11) is 0. The number of rotatable bonds is 14. The molecule has 0 fully saturated rings. The van der Waals surface area contributed by atoms with Gasteiger partial charge < -0.3 is 20.5 Å². The number of phenols is 1. The van der Waals surface area contributed by atoms with Gasteiger partial charge in [0, 0.05) is 36.4 Å². The van der Waals surface area contributed by atoms with Crippen molar-refractivity contribution in [1.29, 1.82) is 0 Å². The molecule has 0 spiro atoms. The van der Waals surface area contributed by atoms with Crippen LogP contribution in [0.25, 0.3) is 10.4 Å². The largest absolute Gasteiger partial charge is 0.508 e. The number of nitrogens with one attached hydrogen (secondary N) is 2. The number of carbonyl (C=O) groups excluding carboxylic acids is 5. The fraction of sp³-hybridized carbons (Fsp3) is 0.310. The Labute approximate surface area is 251 Å². The number of aromatic nitrogens is 1. The molecule has 0 aliphatic heterocycles. The minimum Gasteiger partial charge on any atom is -0.508 e. The summed E-state index contributed by atoms with van der Waals surface area (Å²) in [5, 5.41) is 15.6. The first-order valence-electron chi connectivity index (χ1n) is 12.7. The molecule has 2 aromatic carbocycles. The van der Waals surface area contributed by atoms with Gasteiger partial charge in [0.25, 0.3) is 0 Å². The maximum atomic E-state index is 12.7. The Bertz CT molecular complexity index is 1420. The fourth-order valence-corrected chi connectivity index (χ4v) is 5.67. The molecular formula is C29H29Cl2N3O6S. The summed E-state index contributed by atoms with van der Waals surface area (Å²) < 4.78 is 0. The first-order valence-corrected chi connectivity index (χ1v) is 14.3. The van der Waals surface area contributed by atoms with Gasteiger partial charge in [-0.1, -0.05) is 48.3 Å². The SMILES string of the molecule is CC(=O)C[C@@H](Cc1ccc(O)cc1)C(=O)NCC(=O)C[C@@H](C)C(=O)NCC(=O)c1ncc(-c2c(Cl)cccc2Cl)s1. The Kier molecular flexibility index (Phi) is 11.6. The second-order valence-corrected chi connectivity index (χ2v) is 11.4. The molecule has 9 nitrogen and oxygen atoms in total. The maximum absolute atomic E-state index is 12.7. The predicted molar refractivity (Wildman–Crippen MR) is 157 cm³/mol. The van der Waals surface area contributed by atoms with Crippen LogP contribution in [0.5, 0.6) is 5.75 Å². The summed E-state index contributed by atoms with van der Waals surface area (Å²) in [5.41, 5.74) is 1.33. The van der Waals surface area contributed by atoms with Crippen LogP contribution in [-0.2, 0) is 25.6 Å². The summed E-state index contributed by atoms with van der Waals surface area (Å²) in [4.78, 5) is 66.7. The van der Waals surface area contributed by atoms with E-state index in [9.17, 15) is 29.1 Å². The zero-order valence-corrected chi connectivity index (χ0v) is 24.7. The van der Waals surface area contributed by atoms with Crippen LogP contribution >= 0.6 is 34.5 Å². The molecule has 0 aliphatic rings. The molecule has 216 valence electrons. The molecule has 0 aliphatic carbocycles. The Morgan fingerprint density at radius 3 is 2.20 bits per heavy atom. The first-order chi connectivity index (χ1) is 19.4. The molecule has 0 bridgehead atoms. The van der Waals surface area contributed by atoms with Crippen LogP contribution in [0.4, 0.5) is 0 Å². The Balaban J connectivity index is 1.47. The highest BCUT2D eigenvalue weighted by atomic mass is 35.5. The predicted octanol–water partition coefficient (Wildman–Crippen LogP) is 4.67. The van der Waals surface area contributed by atoms with E-state index in [4.69, 9.17) is 23.2 Å². The number of ketones is 3. The molecule has 2 atom stereocenters. The number of aromatic hydroxyl groups is 1. The fourth-order valence-electron chi connectivity index (χ4n) is 4.03. The quantitative estimate of drug-likeness (QED) is 0.223. The standard InChI is InChI=1S/C29H29Cl2N3O6S/c1-16(10-21(37)13-32-28(40)19(11-17(2)35)12-18-6-8-20(36)9-7-18)27(39)33-14-24(38)29-34-15-25(41-29)26-22(30)4-3-5-23(26)31/h3-9,15-16,19,36H,10-14H2,1-2H3,(H,32,40)(H,33,39)/t16-,19+/m1/s1. The minimum atomic E-state index is -0.744. The summed E-state index contributed by atoms with van der Waals surface area (Å²) >= 11 is 13.6. The van der Waals surface area contributed by atoms with Gasteiger partial charge in [-0.05, 0) is 43.2 Å². The van der Waals surface area contributed by atoms with Crippen molar-refractivity contribution in [3.63, 3.8) is 0 Å². The molecule has 2 amide bonds. The number of thiazole rings is 1. The van der Waals surface area contributed by atoms with Gasteiger partial charge in [0.05, 0.1) is 28.0 Å². The Morgan fingerprint density at radius 2 is 1.56 bits per heavy atom. The number of carbonyl (C=O) groups is 5. The second kappa shape index (κ2) is 14.9. The molecule has 3 N–H and O–H groups in total. The van der Waals surface area contributed by atoms with Crippen molar-refractivity contribution in [3.05, 3.63) is 69.3 Å². The van der Waals surface area contributed by atoms with E-state index >= 15 is 0 Å². The van der Waals surface area contributed by atoms with Crippen LogP contribution in [0.15, 0.2) is 48.7 Å². The van der Waals surface area contributed by atoms with Gasteiger partial charge in [0.1, 0.15) is 11.5 Å². The van der Waals surface area contributed by atoms with Gasteiger partial charge in [0.15, 0.2) is 10.8 Å². The third-order valence-electron chi connectivity index (χ3n) is 6.14. The summed E-state index contributed by atoms with van der Waals surface area (Å²) in [6, 6.07) is 11.4. The molecule has 0 unspecified atom stereocenters. The number of Topliss-reactive ketones (excluding diaryl/α,β-unsaturated/α-hetero) is 3. The van der Waals surface area contributed by atoms with Crippen molar-refractivity contribution in [2.75, 3.05) is 13.1 Å². The van der Waals surface area contributed by atoms with Gasteiger partial charge in [-0.2, -0.15) is 0 Å². The molecule has 3 rings (SSSR count). The third-order valence-corrected chi connectivity index (χ3v) is 7.83. The normalized spacial score (nSPS) is 12.3. The van der Waals surface area contributed by atoms with E-state index in [1.54, 1.807) is 37.3 Å². The average Bonchev–Trinajstić information content (AvgIpc) is 3.40. The monoisotopic (exact) mass is 617 g/mol. The van der Waals surface area contributed by atoms with Crippen molar-refractivity contribution in [3.8, 4) is 16.2 Å². The molecule has 3 aromatic rings. The third kappa shape index (κ3) is 9.48. The zero-order chi connectivity index (χ0) is 30.1. The number of halogens is 2. The molecular weight excluding hydrogens is 589 g/mol.